The molecule has 3 nitrogen and oxygen atoms in total. The summed E-state index contributed by atoms with van der Waals surface area (Å²) in [6.45, 7) is 4.12. The van der Waals surface area contributed by atoms with E-state index in [1.54, 1.807) is 6.08 Å². The van der Waals surface area contributed by atoms with Crippen LogP contribution in [0.1, 0.15) is 20.3 Å². The molecule has 1 heterocycles. The quantitative estimate of drug-likeness (QED) is 0.711. The highest BCUT2D eigenvalue weighted by Gasteiger charge is 2.41. The molecule has 0 amide bonds. The Balaban J connectivity index is 2.47. The Labute approximate surface area is 89.4 Å². The number of likely N-dealkylation sites (N-methyl/N-ethyl adjacent to an activating group) is 1. The first kappa shape index (κ1) is 10.0. The molecule has 1 aliphatic heterocycles. The average molecular weight is 205 g/mol. The predicted octanol–water partition coefficient (Wildman–Crippen LogP) is 1.94. The van der Waals surface area contributed by atoms with Crippen molar-refractivity contribution in [1.29, 1.82) is 0 Å². The van der Waals surface area contributed by atoms with Gasteiger partial charge in [0.1, 0.15) is 5.70 Å². The van der Waals surface area contributed by atoms with Crippen LogP contribution >= 0.6 is 0 Å². The Hall–Kier alpha value is -1.51. The molecule has 1 unspecified atom stereocenters. The summed E-state index contributed by atoms with van der Waals surface area (Å²) in [7, 11) is 1.84. The van der Waals surface area contributed by atoms with E-state index in [0.29, 0.717) is 5.70 Å². The van der Waals surface area contributed by atoms with Crippen molar-refractivity contribution in [2.24, 2.45) is 0 Å². The summed E-state index contributed by atoms with van der Waals surface area (Å²) in [6.07, 6.45) is 6.86. The lowest BCUT2D eigenvalue weighted by Gasteiger charge is -2.37. The number of hydrogen-bond donors (Lipinski definition) is 1. The molecular formula is C12H15NO2. The molecule has 0 saturated heterocycles. The van der Waals surface area contributed by atoms with Crippen LogP contribution in [-0.4, -0.2) is 28.6 Å². The van der Waals surface area contributed by atoms with Gasteiger partial charge >= 0.3 is 5.97 Å². The zero-order chi connectivity index (χ0) is 11.2. The molecule has 0 bridgehead atoms. The standard InChI is InChI=1S/C12H15NO2/c1-8-4-5-12(2)9(6-8)7-10(11(14)15)13(12)3/h4,6-7H,5H2,1-3H3,(H,14,15). The van der Waals surface area contributed by atoms with Gasteiger partial charge in [-0.05, 0) is 31.9 Å². The molecule has 0 radical (unpaired) electrons. The molecule has 2 rings (SSSR count). The molecule has 1 N–H and O–H groups in total. The van der Waals surface area contributed by atoms with Gasteiger partial charge in [0.05, 0.1) is 5.54 Å². The Bertz CT molecular complexity index is 417. The summed E-state index contributed by atoms with van der Waals surface area (Å²) < 4.78 is 0. The molecule has 3 heteroatoms. The van der Waals surface area contributed by atoms with E-state index in [4.69, 9.17) is 5.11 Å². The van der Waals surface area contributed by atoms with Gasteiger partial charge in [-0.25, -0.2) is 4.79 Å². The van der Waals surface area contributed by atoms with Gasteiger partial charge in [-0.3, -0.25) is 0 Å². The van der Waals surface area contributed by atoms with E-state index < -0.39 is 5.97 Å². The first-order chi connectivity index (χ1) is 6.95. The lowest BCUT2D eigenvalue weighted by molar-refractivity contribution is -0.134. The van der Waals surface area contributed by atoms with Gasteiger partial charge in [0, 0.05) is 7.05 Å². The van der Waals surface area contributed by atoms with Crippen LogP contribution in [-0.2, 0) is 4.79 Å². The molecular weight excluding hydrogens is 190 g/mol. The van der Waals surface area contributed by atoms with Crippen LogP contribution in [0.5, 0.6) is 0 Å². The smallest absolute Gasteiger partial charge is 0.352 e. The number of aliphatic carboxylic acids is 1. The zero-order valence-electron chi connectivity index (χ0n) is 9.24. The van der Waals surface area contributed by atoms with E-state index in [0.717, 1.165) is 12.0 Å². The van der Waals surface area contributed by atoms with E-state index in [1.165, 1.54) is 5.57 Å². The van der Waals surface area contributed by atoms with Gasteiger partial charge in [-0.15, -0.1) is 0 Å². The van der Waals surface area contributed by atoms with Crippen molar-refractivity contribution in [2.45, 2.75) is 25.8 Å². The fourth-order valence-electron chi connectivity index (χ4n) is 2.18. The van der Waals surface area contributed by atoms with Gasteiger partial charge in [-0.2, -0.15) is 0 Å². The second kappa shape index (κ2) is 2.99. The van der Waals surface area contributed by atoms with Crippen LogP contribution in [0.15, 0.2) is 35.1 Å². The first-order valence-corrected chi connectivity index (χ1v) is 5.03. The van der Waals surface area contributed by atoms with Gasteiger partial charge < -0.3 is 10.0 Å². The minimum Gasteiger partial charge on any atom is -0.477 e. The molecule has 1 atom stereocenters. The largest absolute Gasteiger partial charge is 0.477 e. The van der Waals surface area contributed by atoms with Gasteiger partial charge in [0.15, 0.2) is 0 Å². The number of allylic oxidation sites excluding steroid dienone is 2. The highest BCUT2D eigenvalue weighted by atomic mass is 16.4. The second-order valence-electron chi connectivity index (χ2n) is 4.42. The number of fused-ring (bicyclic) bond motifs is 1. The zero-order valence-corrected chi connectivity index (χ0v) is 9.24. The third kappa shape index (κ3) is 1.30. The Morgan fingerprint density at radius 2 is 2.20 bits per heavy atom. The van der Waals surface area contributed by atoms with Crippen molar-refractivity contribution in [3.8, 4) is 0 Å². The van der Waals surface area contributed by atoms with Crippen LogP contribution in [0.25, 0.3) is 0 Å². The van der Waals surface area contributed by atoms with E-state index in [1.807, 2.05) is 18.9 Å². The molecule has 1 aliphatic carbocycles. The number of carboxylic acids is 1. The molecule has 0 fully saturated rings. The fourth-order valence-corrected chi connectivity index (χ4v) is 2.18. The molecule has 0 aromatic heterocycles. The maximum Gasteiger partial charge on any atom is 0.352 e. The summed E-state index contributed by atoms with van der Waals surface area (Å²) in [4.78, 5) is 12.9. The number of carboxylic acid groups (broad SMARTS) is 1. The topological polar surface area (TPSA) is 40.5 Å². The van der Waals surface area contributed by atoms with Crippen LogP contribution in [0.3, 0.4) is 0 Å². The molecule has 0 aromatic rings. The van der Waals surface area contributed by atoms with Crippen LogP contribution in [0.2, 0.25) is 0 Å². The second-order valence-corrected chi connectivity index (χ2v) is 4.42. The van der Waals surface area contributed by atoms with Crippen molar-refractivity contribution >= 4 is 5.97 Å². The van der Waals surface area contributed by atoms with Gasteiger partial charge in [0.2, 0.25) is 0 Å². The number of carbonyl (C=O) groups is 1. The minimum absolute atomic E-state index is 0.173. The van der Waals surface area contributed by atoms with E-state index in [-0.39, 0.29) is 5.54 Å². The highest BCUT2D eigenvalue weighted by molar-refractivity contribution is 5.88. The number of rotatable bonds is 1. The molecule has 2 aliphatic rings. The third-order valence-corrected chi connectivity index (χ3v) is 3.44. The lowest BCUT2D eigenvalue weighted by atomic mass is 9.84. The van der Waals surface area contributed by atoms with Crippen molar-refractivity contribution in [2.75, 3.05) is 7.05 Å². The maximum atomic E-state index is 11.0. The molecule has 0 spiro atoms. The van der Waals surface area contributed by atoms with Crippen molar-refractivity contribution in [3.63, 3.8) is 0 Å². The van der Waals surface area contributed by atoms with Crippen LogP contribution in [0, 0.1) is 0 Å². The SMILES string of the molecule is CC1=CCC2(C)C(=C1)C=C(C(=O)O)N2C. The molecule has 80 valence electrons. The predicted molar refractivity (Wildman–Crippen MR) is 58.3 cm³/mol. The van der Waals surface area contributed by atoms with E-state index in [2.05, 4.69) is 19.1 Å². The Morgan fingerprint density at radius 1 is 1.53 bits per heavy atom. The maximum absolute atomic E-state index is 11.0. The van der Waals surface area contributed by atoms with Crippen molar-refractivity contribution in [1.82, 2.24) is 4.90 Å². The minimum atomic E-state index is -0.855. The number of hydrogen-bond acceptors (Lipinski definition) is 2. The van der Waals surface area contributed by atoms with Crippen molar-refractivity contribution in [3.05, 3.63) is 35.1 Å². The highest BCUT2D eigenvalue weighted by Crippen LogP contribution is 2.41. The van der Waals surface area contributed by atoms with Gasteiger partial charge in [-0.1, -0.05) is 17.7 Å². The molecule has 0 saturated carbocycles. The molecule has 15 heavy (non-hydrogen) atoms. The van der Waals surface area contributed by atoms with Crippen LogP contribution < -0.4 is 0 Å². The summed E-state index contributed by atoms with van der Waals surface area (Å²) in [5, 5.41) is 9.06. The summed E-state index contributed by atoms with van der Waals surface area (Å²) in [6, 6.07) is 0. The van der Waals surface area contributed by atoms with E-state index >= 15 is 0 Å². The fraction of sp³-hybridized carbons (Fsp3) is 0.417. The van der Waals surface area contributed by atoms with Crippen LogP contribution in [0.4, 0.5) is 0 Å². The first-order valence-electron chi connectivity index (χ1n) is 5.03. The van der Waals surface area contributed by atoms with E-state index in [9.17, 15) is 4.79 Å². The summed E-state index contributed by atoms with van der Waals surface area (Å²) in [5.41, 5.74) is 2.51. The Kier molecular flexibility index (Phi) is 2.00. The average Bonchev–Trinajstić information content (AvgIpc) is 2.41. The van der Waals surface area contributed by atoms with Gasteiger partial charge in [0.25, 0.3) is 0 Å². The lowest BCUT2D eigenvalue weighted by Crippen LogP contribution is -2.42. The number of nitrogens with zero attached hydrogens (tertiary/aromatic N) is 1. The normalized spacial score (nSPS) is 29.3. The third-order valence-electron chi connectivity index (χ3n) is 3.44. The van der Waals surface area contributed by atoms with Crippen molar-refractivity contribution < 1.29 is 9.90 Å². The summed E-state index contributed by atoms with van der Waals surface area (Å²) >= 11 is 0. The molecule has 0 aromatic carbocycles. The Morgan fingerprint density at radius 3 is 2.80 bits per heavy atom. The monoisotopic (exact) mass is 205 g/mol. The summed E-state index contributed by atoms with van der Waals surface area (Å²) in [5.74, 6) is -0.855.